The summed E-state index contributed by atoms with van der Waals surface area (Å²) in [6.45, 7) is 1.96. The van der Waals surface area contributed by atoms with Gasteiger partial charge in [0.1, 0.15) is 17.9 Å². The molecular formula is C18H21FN4O4. The van der Waals surface area contributed by atoms with Crippen molar-refractivity contribution in [3.05, 3.63) is 35.6 Å². The predicted molar refractivity (Wildman–Crippen MR) is 93.0 cm³/mol. The van der Waals surface area contributed by atoms with E-state index < -0.39 is 41.8 Å². The highest BCUT2D eigenvalue weighted by molar-refractivity contribution is 6.10. The van der Waals surface area contributed by atoms with Gasteiger partial charge in [0.05, 0.1) is 0 Å². The standard InChI is InChI=1S/C18H21FN4O4/c1-2-3-8-18(12-4-6-13(19)7-5-12)15(25)23(17(27)21-18)11-14(24)22-10-9-20-16(22)26/h4-7H,2-3,8-11H2,1H3,(H,20,26)(H,21,27)/t18-/m0/s1. The summed E-state index contributed by atoms with van der Waals surface area (Å²) in [5.74, 6) is -1.65. The minimum absolute atomic E-state index is 0.195. The summed E-state index contributed by atoms with van der Waals surface area (Å²) in [4.78, 5) is 51.4. The molecule has 6 amide bonds. The van der Waals surface area contributed by atoms with E-state index in [0.717, 1.165) is 16.2 Å². The summed E-state index contributed by atoms with van der Waals surface area (Å²) < 4.78 is 13.3. The van der Waals surface area contributed by atoms with Gasteiger partial charge < -0.3 is 10.6 Å². The van der Waals surface area contributed by atoms with Crippen molar-refractivity contribution in [3.63, 3.8) is 0 Å². The van der Waals surface area contributed by atoms with Gasteiger partial charge >= 0.3 is 12.1 Å². The number of rotatable bonds is 6. The summed E-state index contributed by atoms with van der Waals surface area (Å²) in [6, 6.07) is 4.14. The van der Waals surface area contributed by atoms with Gasteiger partial charge in [0.25, 0.3) is 11.8 Å². The first-order chi connectivity index (χ1) is 12.9. The molecule has 2 saturated heterocycles. The third-order valence-corrected chi connectivity index (χ3v) is 4.87. The Morgan fingerprint density at radius 3 is 2.48 bits per heavy atom. The van der Waals surface area contributed by atoms with Crippen LogP contribution in [-0.2, 0) is 15.1 Å². The molecule has 1 aromatic carbocycles. The fourth-order valence-corrected chi connectivity index (χ4v) is 3.39. The van der Waals surface area contributed by atoms with Gasteiger partial charge in [0.2, 0.25) is 0 Å². The second-order valence-electron chi connectivity index (χ2n) is 6.61. The highest BCUT2D eigenvalue weighted by Gasteiger charge is 2.52. The number of amides is 6. The number of unbranched alkanes of at least 4 members (excludes halogenated alkanes) is 1. The molecule has 144 valence electrons. The summed E-state index contributed by atoms with van der Waals surface area (Å²) in [6.07, 6.45) is 1.77. The SMILES string of the molecule is CCCC[C@@]1(c2ccc(F)cc2)NC(=O)N(CC(=O)N2CCNC2=O)C1=O. The van der Waals surface area contributed by atoms with Crippen LogP contribution in [0.2, 0.25) is 0 Å². The minimum Gasteiger partial charge on any atom is -0.336 e. The smallest absolute Gasteiger partial charge is 0.325 e. The van der Waals surface area contributed by atoms with Gasteiger partial charge in [-0.3, -0.25) is 19.4 Å². The zero-order valence-electron chi connectivity index (χ0n) is 15.0. The van der Waals surface area contributed by atoms with E-state index in [2.05, 4.69) is 10.6 Å². The van der Waals surface area contributed by atoms with E-state index in [1.807, 2.05) is 6.92 Å². The molecule has 8 nitrogen and oxygen atoms in total. The predicted octanol–water partition coefficient (Wildman–Crippen LogP) is 1.31. The van der Waals surface area contributed by atoms with Crippen molar-refractivity contribution in [1.82, 2.24) is 20.4 Å². The van der Waals surface area contributed by atoms with Crippen molar-refractivity contribution in [2.24, 2.45) is 0 Å². The van der Waals surface area contributed by atoms with Gasteiger partial charge in [-0.05, 0) is 24.1 Å². The number of benzene rings is 1. The zero-order chi connectivity index (χ0) is 19.6. The molecule has 1 atom stereocenters. The van der Waals surface area contributed by atoms with Crippen LogP contribution in [0.3, 0.4) is 0 Å². The highest BCUT2D eigenvalue weighted by atomic mass is 19.1. The summed E-state index contributed by atoms with van der Waals surface area (Å²) in [7, 11) is 0. The molecule has 2 N–H and O–H groups in total. The van der Waals surface area contributed by atoms with Crippen molar-refractivity contribution in [1.29, 1.82) is 0 Å². The Hall–Kier alpha value is -2.97. The van der Waals surface area contributed by atoms with Gasteiger partial charge in [-0.25, -0.2) is 14.0 Å². The second kappa shape index (κ2) is 7.34. The Morgan fingerprint density at radius 1 is 1.19 bits per heavy atom. The average Bonchev–Trinajstić information content (AvgIpc) is 3.17. The third kappa shape index (κ3) is 3.36. The van der Waals surface area contributed by atoms with E-state index >= 15 is 0 Å². The fraction of sp³-hybridized carbons (Fsp3) is 0.444. The van der Waals surface area contributed by atoms with Crippen molar-refractivity contribution in [2.45, 2.75) is 31.7 Å². The summed E-state index contributed by atoms with van der Waals surface area (Å²) in [5, 5.41) is 5.19. The van der Waals surface area contributed by atoms with Gasteiger partial charge in [0.15, 0.2) is 0 Å². The number of imide groups is 2. The molecule has 0 saturated carbocycles. The highest BCUT2D eigenvalue weighted by Crippen LogP contribution is 2.34. The molecular weight excluding hydrogens is 355 g/mol. The molecule has 0 aromatic heterocycles. The monoisotopic (exact) mass is 376 g/mol. The molecule has 2 heterocycles. The van der Waals surface area contributed by atoms with Crippen LogP contribution in [0.4, 0.5) is 14.0 Å². The van der Waals surface area contributed by atoms with Crippen LogP contribution >= 0.6 is 0 Å². The van der Waals surface area contributed by atoms with E-state index in [-0.39, 0.29) is 6.54 Å². The maximum atomic E-state index is 13.3. The lowest BCUT2D eigenvalue weighted by atomic mass is 9.85. The van der Waals surface area contributed by atoms with Gasteiger partial charge in [0, 0.05) is 13.1 Å². The maximum absolute atomic E-state index is 13.3. The minimum atomic E-state index is -1.34. The van der Waals surface area contributed by atoms with Crippen molar-refractivity contribution < 1.29 is 23.6 Å². The second-order valence-corrected chi connectivity index (χ2v) is 6.61. The topological polar surface area (TPSA) is 98.8 Å². The number of carbonyl (C=O) groups is 4. The molecule has 0 bridgehead atoms. The maximum Gasteiger partial charge on any atom is 0.325 e. The number of nitrogens with zero attached hydrogens (tertiary/aromatic N) is 2. The van der Waals surface area contributed by atoms with E-state index in [4.69, 9.17) is 0 Å². The molecule has 2 aliphatic rings. The van der Waals surface area contributed by atoms with Crippen LogP contribution in [-0.4, -0.2) is 53.3 Å². The van der Waals surface area contributed by atoms with Crippen molar-refractivity contribution >= 4 is 23.9 Å². The van der Waals surface area contributed by atoms with Gasteiger partial charge in [-0.15, -0.1) is 0 Å². The summed E-state index contributed by atoms with van der Waals surface area (Å²) >= 11 is 0. The Bertz CT molecular complexity index is 782. The van der Waals surface area contributed by atoms with Crippen molar-refractivity contribution in [3.8, 4) is 0 Å². The fourth-order valence-electron chi connectivity index (χ4n) is 3.39. The van der Waals surface area contributed by atoms with Crippen LogP contribution < -0.4 is 10.6 Å². The molecule has 0 spiro atoms. The Kier molecular flexibility index (Phi) is 5.11. The number of hydrogen-bond donors (Lipinski definition) is 2. The quantitative estimate of drug-likeness (QED) is 0.732. The summed E-state index contributed by atoms with van der Waals surface area (Å²) in [5.41, 5.74) is -0.876. The van der Waals surface area contributed by atoms with E-state index in [1.54, 1.807) is 0 Å². The lowest BCUT2D eigenvalue weighted by Crippen LogP contribution is -2.46. The molecule has 1 aromatic rings. The Morgan fingerprint density at radius 2 is 1.89 bits per heavy atom. The molecule has 0 aliphatic carbocycles. The number of urea groups is 2. The molecule has 2 fully saturated rings. The van der Waals surface area contributed by atoms with Crippen LogP contribution in [0.25, 0.3) is 0 Å². The lowest BCUT2D eigenvalue weighted by molar-refractivity contribution is -0.137. The third-order valence-electron chi connectivity index (χ3n) is 4.87. The van der Waals surface area contributed by atoms with Crippen molar-refractivity contribution in [2.75, 3.05) is 19.6 Å². The van der Waals surface area contributed by atoms with Crippen LogP contribution in [0.5, 0.6) is 0 Å². The zero-order valence-corrected chi connectivity index (χ0v) is 15.0. The van der Waals surface area contributed by atoms with Crippen LogP contribution in [0, 0.1) is 5.82 Å². The van der Waals surface area contributed by atoms with Crippen LogP contribution in [0.15, 0.2) is 24.3 Å². The first kappa shape index (κ1) is 18.8. The number of hydrogen-bond acceptors (Lipinski definition) is 4. The normalized spacial score (nSPS) is 22.2. The average molecular weight is 376 g/mol. The first-order valence-electron chi connectivity index (χ1n) is 8.87. The van der Waals surface area contributed by atoms with E-state index in [9.17, 15) is 23.6 Å². The number of nitrogens with one attached hydrogen (secondary N) is 2. The first-order valence-corrected chi connectivity index (χ1v) is 8.87. The largest absolute Gasteiger partial charge is 0.336 e. The van der Waals surface area contributed by atoms with Gasteiger partial charge in [-0.1, -0.05) is 31.9 Å². The van der Waals surface area contributed by atoms with Crippen LogP contribution in [0.1, 0.15) is 31.7 Å². The number of carbonyl (C=O) groups excluding carboxylic acids is 4. The van der Waals surface area contributed by atoms with E-state index in [1.165, 1.54) is 24.3 Å². The van der Waals surface area contributed by atoms with E-state index in [0.29, 0.717) is 24.9 Å². The Labute approximate surface area is 155 Å². The lowest BCUT2D eigenvalue weighted by Gasteiger charge is -2.27. The molecule has 2 aliphatic heterocycles. The molecule has 3 rings (SSSR count). The van der Waals surface area contributed by atoms with Gasteiger partial charge in [-0.2, -0.15) is 0 Å². The molecule has 0 unspecified atom stereocenters. The Balaban J connectivity index is 1.87. The number of halogens is 1. The molecule has 27 heavy (non-hydrogen) atoms. The molecule has 9 heteroatoms. The molecule has 0 radical (unpaired) electrons.